The van der Waals surface area contributed by atoms with E-state index in [1.165, 1.54) is 16.8 Å². The summed E-state index contributed by atoms with van der Waals surface area (Å²) >= 11 is 0. The van der Waals surface area contributed by atoms with Crippen molar-refractivity contribution in [2.45, 2.75) is 57.7 Å². The minimum absolute atomic E-state index is 0.0393. The molecule has 0 radical (unpaired) electrons. The molecule has 0 N–H and O–H groups in total. The number of aromatic nitrogens is 2. The normalized spacial score (nSPS) is 23.2. The lowest BCUT2D eigenvalue weighted by molar-refractivity contribution is -0.137. The van der Waals surface area contributed by atoms with Crippen molar-refractivity contribution in [3.63, 3.8) is 0 Å². The van der Waals surface area contributed by atoms with Gasteiger partial charge in [0.15, 0.2) is 5.82 Å². The van der Waals surface area contributed by atoms with E-state index in [0.29, 0.717) is 17.2 Å². The van der Waals surface area contributed by atoms with Crippen molar-refractivity contribution < 1.29 is 22.0 Å². The number of fused-ring (bicyclic) bond motifs is 5. The Kier molecular flexibility index (Phi) is 4.52. The zero-order valence-electron chi connectivity index (χ0n) is 18.4. The predicted molar refractivity (Wildman–Crippen MR) is 114 cm³/mol. The quantitative estimate of drug-likeness (QED) is 0.429. The minimum atomic E-state index is -4.51. The molecule has 2 aromatic carbocycles. The lowest BCUT2D eigenvalue weighted by atomic mass is 9.70. The maximum atomic E-state index is 14.8. The van der Waals surface area contributed by atoms with Gasteiger partial charge in [-0.25, -0.2) is 13.5 Å². The number of halogens is 5. The zero-order chi connectivity index (χ0) is 23.9. The highest BCUT2D eigenvalue weighted by Crippen LogP contribution is 2.67. The fourth-order valence-corrected chi connectivity index (χ4v) is 5.95. The van der Waals surface area contributed by atoms with Crippen molar-refractivity contribution in [3.8, 4) is 5.69 Å². The van der Waals surface area contributed by atoms with Crippen molar-refractivity contribution in [3.05, 3.63) is 86.8 Å². The molecule has 1 aromatic heterocycles. The molecule has 8 heteroatoms. The van der Waals surface area contributed by atoms with Gasteiger partial charge in [0.1, 0.15) is 11.5 Å². The number of nitrogens with zero attached hydrogens (tertiary/aromatic N) is 2. The van der Waals surface area contributed by atoms with Gasteiger partial charge in [0.05, 0.1) is 17.8 Å². The average molecular weight is 462 g/mol. The summed E-state index contributed by atoms with van der Waals surface area (Å²) in [6, 6.07) is 7.87. The molecule has 2 atom stereocenters. The number of alkyl halides is 3. The van der Waals surface area contributed by atoms with Crippen LogP contribution in [0.25, 0.3) is 5.69 Å². The van der Waals surface area contributed by atoms with E-state index in [2.05, 4.69) is 20.8 Å². The molecule has 1 saturated carbocycles. The number of rotatable bonds is 3. The molecule has 0 unspecified atom stereocenters. The Balaban J connectivity index is 1.77. The predicted octanol–water partition coefficient (Wildman–Crippen LogP) is 6.16. The molecule has 0 aliphatic heterocycles. The summed E-state index contributed by atoms with van der Waals surface area (Å²) < 4.78 is 71.1. The Morgan fingerprint density at radius 3 is 2.45 bits per heavy atom. The van der Waals surface area contributed by atoms with Crippen LogP contribution in [0.1, 0.15) is 61.9 Å². The third-order valence-corrected chi connectivity index (χ3v) is 8.00. The van der Waals surface area contributed by atoms with Gasteiger partial charge in [0, 0.05) is 17.0 Å². The van der Waals surface area contributed by atoms with Crippen molar-refractivity contribution in [1.82, 2.24) is 9.36 Å². The molecule has 2 aliphatic rings. The smallest absolute Gasteiger partial charge is 0.277 e. The number of hydrogen-bond donors (Lipinski definition) is 0. The van der Waals surface area contributed by atoms with Gasteiger partial charge in [-0.05, 0) is 54.0 Å². The molecule has 1 heterocycles. The molecule has 2 aliphatic carbocycles. The van der Waals surface area contributed by atoms with E-state index in [1.807, 2.05) is 0 Å². The number of benzene rings is 2. The summed E-state index contributed by atoms with van der Waals surface area (Å²) in [6.07, 6.45) is -2.88. The second-order valence-corrected chi connectivity index (χ2v) is 9.88. The second-order valence-electron chi connectivity index (χ2n) is 9.88. The van der Waals surface area contributed by atoms with Crippen LogP contribution in [0.5, 0.6) is 0 Å². The fraction of sp³-hybridized carbons (Fsp3) is 0.400. The summed E-state index contributed by atoms with van der Waals surface area (Å²) in [5, 5.41) is 0. The van der Waals surface area contributed by atoms with Crippen molar-refractivity contribution in [2.24, 2.45) is 5.41 Å². The highest BCUT2D eigenvalue weighted by molar-refractivity contribution is 5.48. The molecule has 3 aromatic rings. The summed E-state index contributed by atoms with van der Waals surface area (Å²) in [5.41, 5.74) is -0.295. The first-order valence-electron chi connectivity index (χ1n) is 10.8. The fourth-order valence-electron chi connectivity index (χ4n) is 5.95. The lowest BCUT2D eigenvalue weighted by Gasteiger charge is -2.36. The lowest BCUT2D eigenvalue weighted by Crippen LogP contribution is -2.36. The molecule has 33 heavy (non-hydrogen) atoms. The first-order chi connectivity index (χ1) is 15.4. The largest absolute Gasteiger partial charge is 0.416 e. The van der Waals surface area contributed by atoms with Gasteiger partial charge >= 0.3 is 6.18 Å². The molecule has 174 valence electrons. The van der Waals surface area contributed by atoms with E-state index in [4.69, 9.17) is 0 Å². The van der Waals surface area contributed by atoms with Crippen molar-refractivity contribution in [1.29, 1.82) is 0 Å². The highest BCUT2D eigenvalue weighted by Gasteiger charge is 2.62. The van der Waals surface area contributed by atoms with Crippen LogP contribution in [0.15, 0.2) is 47.3 Å². The molecule has 0 saturated heterocycles. The Morgan fingerprint density at radius 2 is 1.79 bits per heavy atom. The topological polar surface area (TPSA) is 26.9 Å². The van der Waals surface area contributed by atoms with E-state index >= 15 is 0 Å². The van der Waals surface area contributed by atoms with Gasteiger partial charge in [0.2, 0.25) is 0 Å². The van der Waals surface area contributed by atoms with Crippen LogP contribution in [-0.2, 0) is 18.1 Å². The minimum Gasteiger partial charge on any atom is -0.277 e. The molecule has 2 bridgehead atoms. The average Bonchev–Trinajstić information content (AvgIpc) is 3.20. The monoisotopic (exact) mass is 462 g/mol. The van der Waals surface area contributed by atoms with Gasteiger partial charge in [-0.1, -0.05) is 32.9 Å². The first-order valence-corrected chi connectivity index (χ1v) is 10.8. The van der Waals surface area contributed by atoms with Gasteiger partial charge in [-0.2, -0.15) is 13.2 Å². The molecule has 3 nitrogen and oxygen atoms in total. The van der Waals surface area contributed by atoms with Crippen molar-refractivity contribution in [2.75, 3.05) is 0 Å². The van der Waals surface area contributed by atoms with E-state index in [1.54, 1.807) is 10.7 Å². The SMILES string of the molecule is CC1(C)[C@@H]2CC[C@@]1(C)c1c2c(=O)n(-c2ccc(F)cc2F)n1Cc1cccc(C(F)(F)F)c1. The van der Waals surface area contributed by atoms with E-state index in [-0.39, 0.29) is 23.6 Å². The Labute approximate surface area is 187 Å². The van der Waals surface area contributed by atoms with Crippen LogP contribution in [0.2, 0.25) is 0 Å². The third-order valence-electron chi connectivity index (χ3n) is 8.00. The highest BCUT2D eigenvalue weighted by atomic mass is 19.4. The maximum Gasteiger partial charge on any atom is 0.416 e. The Bertz CT molecular complexity index is 1330. The molecule has 0 spiro atoms. The van der Waals surface area contributed by atoms with E-state index in [0.717, 1.165) is 36.7 Å². The van der Waals surface area contributed by atoms with E-state index < -0.39 is 34.3 Å². The molecular formula is C25H23F5N2O. The van der Waals surface area contributed by atoms with E-state index in [9.17, 15) is 26.7 Å². The van der Waals surface area contributed by atoms with Crippen LogP contribution in [0, 0.1) is 17.0 Å². The van der Waals surface area contributed by atoms with Crippen LogP contribution >= 0.6 is 0 Å². The molecule has 1 fully saturated rings. The summed E-state index contributed by atoms with van der Waals surface area (Å²) in [5.74, 6) is -1.72. The summed E-state index contributed by atoms with van der Waals surface area (Å²) in [6.45, 7) is 6.21. The first kappa shape index (κ1) is 21.9. The van der Waals surface area contributed by atoms with Gasteiger partial charge in [-0.15, -0.1) is 0 Å². The van der Waals surface area contributed by atoms with Crippen molar-refractivity contribution >= 4 is 0 Å². The van der Waals surface area contributed by atoms with Crippen LogP contribution in [0.4, 0.5) is 22.0 Å². The van der Waals surface area contributed by atoms with Crippen LogP contribution < -0.4 is 5.56 Å². The molecular weight excluding hydrogens is 439 g/mol. The number of hydrogen-bond acceptors (Lipinski definition) is 1. The van der Waals surface area contributed by atoms with Gasteiger partial charge in [0.25, 0.3) is 5.56 Å². The molecule has 5 rings (SSSR count). The second kappa shape index (κ2) is 6.81. The maximum absolute atomic E-state index is 14.8. The third kappa shape index (κ3) is 2.95. The van der Waals surface area contributed by atoms with Crippen LogP contribution in [-0.4, -0.2) is 9.36 Å². The Hall–Kier alpha value is -2.90. The van der Waals surface area contributed by atoms with Crippen LogP contribution in [0.3, 0.4) is 0 Å². The zero-order valence-corrected chi connectivity index (χ0v) is 18.4. The molecule has 0 amide bonds. The summed E-state index contributed by atoms with van der Waals surface area (Å²) in [4.78, 5) is 13.7. The summed E-state index contributed by atoms with van der Waals surface area (Å²) in [7, 11) is 0. The van der Waals surface area contributed by atoms with Gasteiger partial charge < -0.3 is 0 Å². The van der Waals surface area contributed by atoms with Gasteiger partial charge in [-0.3, -0.25) is 9.48 Å². The Morgan fingerprint density at radius 1 is 1.06 bits per heavy atom. The standard InChI is InChI=1S/C25H23F5N2O/c1-23(2)17-9-10-24(23,3)21-20(17)22(33)32(19-8-7-16(26)12-18(19)27)31(21)13-14-5-4-6-15(11-14)25(28,29)30/h4-8,11-12,17H,9-10,13H2,1-3H3/t17-,24+/m1/s1.